The number of hydrazine groups is 1. The summed E-state index contributed by atoms with van der Waals surface area (Å²) in [4.78, 5) is 36.0. The van der Waals surface area contributed by atoms with Crippen LogP contribution in [0.2, 0.25) is 0 Å². The molecular formula is C24H29BrN4O4S. The Morgan fingerprint density at radius 2 is 1.68 bits per heavy atom. The Balaban J connectivity index is 1.67. The molecule has 0 aliphatic rings. The molecule has 0 aliphatic carbocycles. The van der Waals surface area contributed by atoms with Gasteiger partial charge in [-0.05, 0) is 53.9 Å². The van der Waals surface area contributed by atoms with Crippen molar-refractivity contribution in [1.29, 1.82) is 0 Å². The van der Waals surface area contributed by atoms with Crippen LogP contribution in [0, 0.1) is 6.92 Å². The molecule has 8 nitrogen and oxygen atoms in total. The largest absolute Gasteiger partial charge is 0.483 e. The number of ether oxygens (including phenoxy) is 1. The van der Waals surface area contributed by atoms with Crippen LogP contribution in [0.3, 0.4) is 0 Å². The molecule has 0 unspecified atom stereocenters. The van der Waals surface area contributed by atoms with Gasteiger partial charge in [0.05, 0.1) is 0 Å². The summed E-state index contributed by atoms with van der Waals surface area (Å²) in [7, 11) is 0. The van der Waals surface area contributed by atoms with Gasteiger partial charge in [-0.2, -0.15) is 0 Å². The van der Waals surface area contributed by atoms with E-state index >= 15 is 0 Å². The summed E-state index contributed by atoms with van der Waals surface area (Å²) < 4.78 is 6.67. The van der Waals surface area contributed by atoms with E-state index in [1.807, 2.05) is 63.2 Å². The second kappa shape index (κ2) is 13.7. The number of halogens is 1. The van der Waals surface area contributed by atoms with Gasteiger partial charge < -0.3 is 10.1 Å². The van der Waals surface area contributed by atoms with Crippen molar-refractivity contribution in [3.8, 4) is 5.75 Å². The van der Waals surface area contributed by atoms with E-state index in [2.05, 4.69) is 37.4 Å². The molecule has 182 valence electrons. The SMILES string of the molecule is Cc1cc(OCC(=O)NC(=S)NNC(=O)CCC(=O)NCc2ccccc2)c(C(C)C)cc1Br. The second-order valence-electron chi connectivity index (χ2n) is 7.90. The number of hydrogen-bond donors (Lipinski definition) is 4. The van der Waals surface area contributed by atoms with Crippen molar-refractivity contribution < 1.29 is 19.1 Å². The van der Waals surface area contributed by atoms with Crippen molar-refractivity contribution in [1.82, 2.24) is 21.5 Å². The molecule has 0 radical (unpaired) electrons. The van der Waals surface area contributed by atoms with Gasteiger partial charge in [0.25, 0.3) is 5.91 Å². The first-order chi connectivity index (χ1) is 16.2. The highest BCUT2D eigenvalue weighted by Gasteiger charge is 2.13. The molecule has 10 heteroatoms. The topological polar surface area (TPSA) is 109 Å². The number of rotatable bonds is 9. The molecule has 0 heterocycles. The van der Waals surface area contributed by atoms with Crippen LogP contribution in [0.4, 0.5) is 0 Å². The number of nitrogens with one attached hydrogen (secondary N) is 4. The first kappa shape index (κ1) is 27.3. The maximum atomic E-state index is 12.2. The molecule has 0 saturated carbocycles. The molecule has 2 aromatic carbocycles. The summed E-state index contributed by atoms with van der Waals surface area (Å²) in [6.45, 7) is 6.18. The van der Waals surface area contributed by atoms with Crippen LogP contribution >= 0.6 is 28.1 Å². The summed E-state index contributed by atoms with van der Waals surface area (Å²) in [5.41, 5.74) is 7.75. The Hall–Kier alpha value is -2.98. The number of benzene rings is 2. The van der Waals surface area contributed by atoms with E-state index in [4.69, 9.17) is 17.0 Å². The lowest BCUT2D eigenvalue weighted by atomic mass is 10.0. The molecule has 0 bridgehead atoms. The summed E-state index contributed by atoms with van der Waals surface area (Å²) in [6.07, 6.45) is -0.00765. The summed E-state index contributed by atoms with van der Waals surface area (Å²) in [6, 6.07) is 13.3. The zero-order valence-electron chi connectivity index (χ0n) is 19.4. The minimum Gasteiger partial charge on any atom is -0.483 e. The highest BCUT2D eigenvalue weighted by Crippen LogP contribution is 2.32. The number of carbonyl (C=O) groups excluding carboxylic acids is 3. The fourth-order valence-corrected chi connectivity index (χ4v) is 3.41. The maximum absolute atomic E-state index is 12.2. The monoisotopic (exact) mass is 548 g/mol. The van der Waals surface area contributed by atoms with Gasteiger partial charge in [0.2, 0.25) is 11.8 Å². The molecule has 0 spiro atoms. The minimum absolute atomic E-state index is 0.0259. The summed E-state index contributed by atoms with van der Waals surface area (Å²) in [5, 5.41) is 5.11. The smallest absolute Gasteiger partial charge is 0.264 e. The molecule has 0 aliphatic heterocycles. The Labute approximate surface area is 213 Å². The van der Waals surface area contributed by atoms with Gasteiger partial charge in [-0.1, -0.05) is 60.1 Å². The molecule has 0 atom stereocenters. The molecular weight excluding hydrogens is 520 g/mol. The predicted molar refractivity (Wildman–Crippen MR) is 138 cm³/mol. The van der Waals surface area contributed by atoms with Crippen molar-refractivity contribution >= 4 is 51.0 Å². The number of amides is 3. The van der Waals surface area contributed by atoms with Gasteiger partial charge in [0.1, 0.15) is 5.75 Å². The molecule has 0 aromatic heterocycles. The third kappa shape index (κ3) is 9.48. The van der Waals surface area contributed by atoms with E-state index in [1.165, 1.54) is 0 Å². The van der Waals surface area contributed by atoms with E-state index in [9.17, 15) is 14.4 Å². The highest BCUT2D eigenvalue weighted by atomic mass is 79.9. The Morgan fingerprint density at radius 3 is 2.35 bits per heavy atom. The lowest BCUT2D eigenvalue weighted by molar-refractivity contribution is -0.126. The highest BCUT2D eigenvalue weighted by molar-refractivity contribution is 9.10. The van der Waals surface area contributed by atoms with Crippen molar-refractivity contribution in [2.45, 2.75) is 46.1 Å². The van der Waals surface area contributed by atoms with E-state index < -0.39 is 11.8 Å². The van der Waals surface area contributed by atoms with E-state index in [1.54, 1.807) is 0 Å². The molecule has 34 heavy (non-hydrogen) atoms. The predicted octanol–water partition coefficient (Wildman–Crippen LogP) is 3.38. The number of hydrogen-bond acceptors (Lipinski definition) is 5. The molecule has 4 N–H and O–H groups in total. The third-order valence-electron chi connectivity index (χ3n) is 4.75. The average molecular weight is 549 g/mol. The van der Waals surface area contributed by atoms with Gasteiger partial charge in [0.15, 0.2) is 11.7 Å². The Kier molecular flexibility index (Phi) is 11.0. The lowest BCUT2D eigenvalue weighted by Gasteiger charge is -2.16. The third-order valence-corrected chi connectivity index (χ3v) is 5.81. The van der Waals surface area contributed by atoms with Crippen LogP contribution < -0.4 is 26.2 Å². The van der Waals surface area contributed by atoms with Crippen molar-refractivity contribution in [2.75, 3.05) is 6.61 Å². The van der Waals surface area contributed by atoms with Crippen molar-refractivity contribution in [3.05, 3.63) is 63.6 Å². The van der Waals surface area contributed by atoms with Crippen molar-refractivity contribution in [3.63, 3.8) is 0 Å². The van der Waals surface area contributed by atoms with Crippen LogP contribution in [-0.4, -0.2) is 29.4 Å². The van der Waals surface area contributed by atoms with E-state index in [-0.39, 0.29) is 36.4 Å². The number of carbonyl (C=O) groups is 3. The van der Waals surface area contributed by atoms with Crippen LogP contribution in [0.25, 0.3) is 0 Å². The first-order valence-electron chi connectivity index (χ1n) is 10.8. The fraction of sp³-hybridized carbons (Fsp3) is 0.333. The Morgan fingerprint density at radius 1 is 1.00 bits per heavy atom. The second-order valence-corrected chi connectivity index (χ2v) is 9.16. The van der Waals surface area contributed by atoms with E-state index in [0.29, 0.717) is 12.3 Å². The Bertz CT molecular complexity index is 1030. The molecule has 3 amide bonds. The molecule has 0 fully saturated rings. The first-order valence-corrected chi connectivity index (χ1v) is 12.0. The number of thiocarbonyl (C=S) groups is 1. The maximum Gasteiger partial charge on any atom is 0.264 e. The van der Waals surface area contributed by atoms with Crippen LogP contribution in [0.5, 0.6) is 5.75 Å². The molecule has 0 saturated heterocycles. The minimum atomic E-state index is -0.470. The molecule has 2 rings (SSSR count). The molecule has 2 aromatic rings. The standard InChI is InChI=1S/C24H29BrN4O4S/c1-15(2)18-12-19(25)16(3)11-20(18)33-14-23(32)27-24(34)29-28-22(31)10-9-21(30)26-13-17-7-5-4-6-8-17/h4-8,11-12,15H,9-10,13-14H2,1-3H3,(H,26,30)(H,28,31)(H2,27,29,32,34). The fourth-order valence-electron chi connectivity index (χ4n) is 2.88. The van der Waals surface area contributed by atoms with Crippen molar-refractivity contribution in [2.24, 2.45) is 0 Å². The average Bonchev–Trinajstić information content (AvgIpc) is 2.81. The van der Waals surface area contributed by atoms with Crippen LogP contribution in [-0.2, 0) is 20.9 Å². The zero-order chi connectivity index (χ0) is 25.1. The number of aryl methyl sites for hydroxylation is 1. The van der Waals surface area contributed by atoms with Gasteiger partial charge >= 0.3 is 0 Å². The van der Waals surface area contributed by atoms with Gasteiger partial charge in [-0.3, -0.25) is 30.6 Å². The normalized spacial score (nSPS) is 10.4. The summed E-state index contributed by atoms with van der Waals surface area (Å²) in [5.74, 6) is -0.301. The summed E-state index contributed by atoms with van der Waals surface area (Å²) >= 11 is 8.53. The quantitative estimate of drug-likeness (QED) is 0.282. The zero-order valence-corrected chi connectivity index (χ0v) is 21.8. The lowest BCUT2D eigenvalue weighted by Crippen LogP contribution is -2.49. The van der Waals surface area contributed by atoms with Crippen LogP contribution in [0.1, 0.15) is 49.3 Å². The van der Waals surface area contributed by atoms with Gasteiger partial charge in [-0.25, -0.2) is 0 Å². The van der Waals surface area contributed by atoms with Gasteiger partial charge in [0, 0.05) is 23.9 Å². The van der Waals surface area contributed by atoms with Crippen LogP contribution in [0.15, 0.2) is 46.9 Å². The van der Waals surface area contributed by atoms with Gasteiger partial charge in [-0.15, -0.1) is 0 Å². The van der Waals surface area contributed by atoms with E-state index in [0.717, 1.165) is 21.2 Å².